The molecule has 0 saturated carbocycles. The summed E-state index contributed by atoms with van der Waals surface area (Å²) in [5.74, 6) is -0.531. The second-order valence-corrected chi connectivity index (χ2v) is 9.14. The first-order valence-electron chi connectivity index (χ1n) is 9.73. The van der Waals surface area contributed by atoms with Crippen molar-refractivity contribution in [3.63, 3.8) is 0 Å². The molecule has 162 valence electrons. The third-order valence-corrected chi connectivity index (χ3v) is 7.13. The summed E-state index contributed by atoms with van der Waals surface area (Å²) in [5.41, 5.74) is 0.824. The fourth-order valence-corrected chi connectivity index (χ4v) is 5.05. The average Bonchev–Trinajstić information content (AvgIpc) is 2.74. The molecule has 2 saturated heterocycles. The maximum atomic E-state index is 14.0. The highest BCUT2D eigenvalue weighted by Crippen LogP contribution is 2.24. The lowest BCUT2D eigenvalue weighted by Gasteiger charge is -2.35. The minimum atomic E-state index is -4.04. The average molecular weight is 439 g/mol. The Morgan fingerprint density at radius 2 is 1.63 bits per heavy atom. The van der Waals surface area contributed by atoms with Crippen LogP contribution in [0.25, 0.3) is 0 Å². The van der Waals surface area contributed by atoms with E-state index in [0.29, 0.717) is 38.3 Å². The molecule has 30 heavy (non-hydrogen) atoms. The zero-order valence-electron chi connectivity index (χ0n) is 16.6. The second kappa shape index (κ2) is 8.40. The Morgan fingerprint density at radius 1 is 0.933 bits per heavy atom. The Hall–Kier alpha value is -2.37. The Balaban J connectivity index is 1.48. The van der Waals surface area contributed by atoms with Gasteiger partial charge < -0.3 is 14.5 Å². The van der Waals surface area contributed by atoms with Crippen LogP contribution in [0.15, 0.2) is 29.2 Å². The zero-order chi connectivity index (χ0) is 21.3. The summed E-state index contributed by atoms with van der Waals surface area (Å²) in [7, 11) is -4.04. The van der Waals surface area contributed by atoms with Crippen molar-refractivity contribution in [3.8, 4) is 0 Å². The molecule has 4 rings (SSSR count). The van der Waals surface area contributed by atoms with Crippen LogP contribution in [-0.2, 0) is 14.8 Å². The second-order valence-electron chi connectivity index (χ2n) is 7.23. The molecular weight excluding hydrogens is 416 g/mol. The molecule has 0 atom stereocenters. The van der Waals surface area contributed by atoms with Gasteiger partial charge in [0.05, 0.1) is 13.2 Å². The van der Waals surface area contributed by atoms with Gasteiger partial charge in [0.15, 0.2) is 0 Å². The van der Waals surface area contributed by atoms with Crippen LogP contribution in [0.5, 0.6) is 0 Å². The molecule has 1 aromatic heterocycles. The first kappa shape index (κ1) is 20.9. The van der Waals surface area contributed by atoms with Gasteiger partial charge in [-0.2, -0.15) is 9.29 Å². The van der Waals surface area contributed by atoms with Gasteiger partial charge in [-0.05, 0) is 19.1 Å². The summed E-state index contributed by atoms with van der Waals surface area (Å²) < 4.78 is 59.3. The molecule has 0 bridgehead atoms. The van der Waals surface area contributed by atoms with Crippen LogP contribution >= 0.6 is 0 Å². The maximum absolute atomic E-state index is 14.0. The molecule has 2 aliphatic heterocycles. The number of hydrogen-bond acceptors (Lipinski definition) is 7. The van der Waals surface area contributed by atoms with E-state index < -0.39 is 26.6 Å². The minimum Gasteiger partial charge on any atom is -0.378 e. The molecule has 0 spiro atoms. The number of aryl methyl sites for hydroxylation is 1. The van der Waals surface area contributed by atoms with E-state index in [1.165, 1.54) is 4.31 Å². The summed E-state index contributed by atoms with van der Waals surface area (Å²) in [4.78, 5) is 12.7. The molecule has 2 aromatic rings. The molecule has 1 aromatic carbocycles. The van der Waals surface area contributed by atoms with E-state index in [1.807, 2.05) is 17.9 Å². The lowest BCUT2D eigenvalue weighted by atomic mass is 10.3. The van der Waals surface area contributed by atoms with Crippen LogP contribution in [0, 0.1) is 18.6 Å². The molecular formula is C19H23F2N5O3S. The Kier molecular flexibility index (Phi) is 5.85. The van der Waals surface area contributed by atoms with Crippen molar-refractivity contribution in [2.75, 3.05) is 62.3 Å². The van der Waals surface area contributed by atoms with Crippen molar-refractivity contribution in [1.29, 1.82) is 0 Å². The summed E-state index contributed by atoms with van der Waals surface area (Å²) in [6.07, 6.45) is 0. The Labute approximate surface area is 174 Å². The van der Waals surface area contributed by atoms with Gasteiger partial charge in [-0.3, -0.25) is 0 Å². The summed E-state index contributed by atoms with van der Waals surface area (Å²) in [6.45, 7) is 5.75. The van der Waals surface area contributed by atoms with Crippen LogP contribution in [0.1, 0.15) is 5.69 Å². The maximum Gasteiger partial charge on any atom is 0.246 e. The third-order valence-electron chi connectivity index (χ3n) is 5.20. The quantitative estimate of drug-likeness (QED) is 0.713. The van der Waals surface area contributed by atoms with Crippen LogP contribution in [0.2, 0.25) is 0 Å². The number of hydrogen-bond donors (Lipinski definition) is 0. The van der Waals surface area contributed by atoms with Crippen LogP contribution in [0.3, 0.4) is 0 Å². The number of rotatable bonds is 4. The topological polar surface area (TPSA) is 78.9 Å². The van der Waals surface area contributed by atoms with Gasteiger partial charge in [-0.25, -0.2) is 22.2 Å². The standard InChI is InChI=1S/C19H23F2N5O3S/c1-14-12-18(23-19(22-14)25-8-10-29-11-9-25)24-4-6-26(7-5-24)30(27,28)17-3-2-15(20)13-16(17)21/h2-3,12-13H,4-11H2,1H3. The van der Waals surface area contributed by atoms with E-state index in [2.05, 4.69) is 14.9 Å². The van der Waals surface area contributed by atoms with Crippen LogP contribution < -0.4 is 9.80 Å². The Morgan fingerprint density at radius 3 is 2.30 bits per heavy atom. The number of piperazine rings is 1. The van der Waals surface area contributed by atoms with Crippen molar-refractivity contribution < 1.29 is 21.9 Å². The largest absolute Gasteiger partial charge is 0.378 e. The predicted octanol–water partition coefficient (Wildman–Crippen LogP) is 1.41. The van der Waals surface area contributed by atoms with Crippen molar-refractivity contribution in [1.82, 2.24) is 14.3 Å². The highest BCUT2D eigenvalue weighted by molar-refractivity contribution is 7.89. The number of halogens is 2. The molecule has 8 nitrogen and oxygen atoms in total. The normalized spacial score (nSPS) is 18.6. The summed E-state index contributed by atoms with van der Waals surface area (Å²) in [6, 6.07) is 4.37. The molecule has 2 aliphatic rings. The van der Waals surface area contributed by atoms with Gasteiger partial charge in [0, 0.05) is 57.1 Å². The monoisotopic (exact) mass is 439 g/mol. The fourth-order valence-electron chi connectivity index (χ4n) is 3.58. The van der Waals surface area contributed by atoms with Gasteiger partial charge in [-0.15, -0.1) is 0 Å². The molecule has 0 N–H and O–H groups in total. The number of benzene rings is 1. The minimum absolute atomic E-state index is 0.176. The van der Waals surface area contributed by atoms with Gasteiger partial charge in [0.25, 0.3) is 0 Å². The SMILES string of the molecule is Cc1cc(N2CCN(S(=O)(=O)c3ccc(F)cc3F)CC2)nc(N2CCOCC2)n1. The van der Waals surface area contributed by atoms with Gasteiger partial charge in [-0.1, -0.05) is 0 Å². The molecule has 0 aliphatic carbocycles. The summed E-state index contributed by atoms with van der Waals surface area (Å²) >= 11 is 0. The van der Waals surface area contributed by atoms with E-state index in [9.17, 15) is 17.2 Å². The molecule has 11 heteroatoms. The van der Waals surface area contributed by atoms with Gasteiger partial charge in [0.1, 0.15) is 22.3 Å². The van der Waals surface area contributed by atoms with E-state index in [-0.39, 0.29) is 13.1 Å². The number of sulfonamides is 1. The Bertz CT molecular complexity index is 1020. The van der Waals surface area contributed by atoms with Gasteiger partial charge in [0.2, 0.25) is 16.0 Å². The molecule has 0 amide bonds. The predicted molar refractivity (Wildman–Crippen MR) is 107 cm³/mol. The smallest absolute Gasteiger partial charge is 0.246 e. The lowest BCUT2D eigenvalue weighted by molar-refractivity contribution is 0.122. The van der Waals surface area contributed by atoms with Crippen molar-refractivity contribution in [2.24, 2.45) is 0 Å². The summed E-state index contributed by atoms with van der Waals surface area (Å²) in [5, 5.41) is 0. The van der Waals surface area contributed by atoms with Crippen molar-refractivity contribution >= 4 is 21.8 Å². The highest BCUT2D eigenvalue weighted by Gasteiger charge is 2.31. The molecule has 3 heterocycles. The van der Waals surface area contributed by atoms with Crippen LogP contribution in [0.4, 0.5) is 20.5 Å². The van der Waals surface area contributed by atoms with E-state index in [1.54, 1.807) is 0 Å². The lowest BCUT2D eigenvalue weighted by Crippen LogP contribution is -2.49. The number of anilines is 2. The third kappa shape index (κ3) is 4.23. The highest BCUT2D eigenvalue weighted by atomic mass is 32.2. The van der Waals surface area contributed by atoms with E-state index in [0.717, 1.165) is 36.7 Å². The van der Waals surface area contributed by atoms with Crippen molar-refractivity contribution in [2.45, 2.75) is 11.8 Å². The molecule has 0 radical (unpaired) electrons. The zero-order valence-corrected chi connectivity index (χ0v) is 17.4. The van der Waals surface area contributed by atoms with Gasteiger partial charge >= 0.3 is 0 Å². The van der Waals surface area contributed by atoms with Crippen molar-refractivity contribution in [3.05, 3.63) is 41.6 Å². The van der Waals surface area contributed by atoms with Crippen LogP contribution in [-0.4, -0.2) is 75.2 Å². The number of aromatic nitrogens is 2. The number of morpholine rings is 1. The molecule has 2 fully saturated rings. The number of ether oxygens (including phenoxy) is 1. The number of nitrogens with zero attached hydrogens (tertiary/aromatic N) is 5. The fraction of sp³-hybridized carbons (Fsp3) is 0.474. The molecule has 0 unspecified atom stereocenters. The first-order valence-corrected chi connectivity index (χ1v) is 11.2. The van der Waals surface area contributed by atoms with E-state index >= 15 is 0 Å². The van der Waals surface area contributed by atoms with E-state index in [4.69, 9.17) is 4.74 Å². The first-order chi connectivity index (χ1) is 14.3.